The molecule has 3 heteroatoms. The second kappa shape index (κ2) is 7.09. The molecule has 0 spiro atoms. The maximum atomic E-state index is 5.88. The van der Waals surface area contributed by atoms with Crippen molar-refractivity contribution in [1.82, 2.24) is 5.32 Å². The minimum atomic E-state index is 0.428. The summed E-state index contributed by atoms with van der Waals surface area (Å²) in [7, 11) is 0. The fraction of sp³-hybridized carbons (Fsp3) is 0.375. The predicted molar refractivity (Wildman–Crippen MR) is 85.3 cm³/mol. The second-order valence-corrected chi connectivity index (χ2v) is 6.35. The maximum absolute atomic E-state index is 5.88. The molecular formula is C16H20ClNS. The minimum Gasteiger partial charge on any atom is -0.309 e. The Morgan fingerprint density at radius 1 is 1.16 bits per heavy atom. The summed E-state index contributed by atoms with van der Waals surface area (Å²) in [4.78, 5) is 2.88. The first-order chi connectivity index (χ1) is 9.19. The molecule has 1 aromatic carbocycles. The minimum absolute atomic E-state index is 0.428. The SMILES string of the molecule is CCc1ccc(C(C)NCCc2ccc(Cl)cc2)s1. The number of aryl methyl sites for hydroxylation is 1. The van der Waals surface area contributed by atoms with Gasteiger partial charge in [-0.3, -0.25) is 0 Å². The van der Waals surface area contributed by atoms with Gasteiger partial charge in [0.1, 0.15) is 0 Å². The van der Waals surface area contributed by atoms with Crippen molar-refractivity contribution >= 4 is 22.9 Å². The van der Waals surface area contributed by atoms with E-state index in [1.165, 1.54) is 15.3 Å². The molecule has 0 bridgehead atoms. The van der Waals surface area contributed by atoms with E-state index in [0.29, 0.717) is 6.04 Å². The smallest absolute Gasteiger partial charge is 0.0406 e. The van der Waals surface area contributed by atoms with Crippen molar-refractivity contribution in [3.05, 3.63) is 56.7 Å². The number of thiophene rings is 1. The molecule has 1 nitrogen and oxygen atoms in total. The maximum Gasteiger partial charge on any atom is 0.0406 e. The number of nitrogens with one attached hydrogen (secondary N) is 1. The Labute approximate surface area is 124 Å². The first kappa shape index (κ1) is 14.6. The molecule has 19 heavy (non-hydrogen) atoms. The van der Waals surface area contributed by atoms with Crippen LogP contribution >= 0.6 is 22.9 Å². The van der Waals surface area contributed by atoms with Gasteiger partial charge >= 0.3 is 0 Å². The molecule has 0 saturated heterocycles. The van der Waals surface area contributed by atoms with Crippen LogP contribution in [-0.2, 0) is 12.8 Å². The molecular weight excluding hydrogens is 274 g/mol. The summed E-state index contributed by atoms with van der Waals surface area (Å²) in [6, 6.07) is 13.0. The van der Waals surface area contributed by atoms with Crippen LogP contribution in [-0.4, -0.2) is 6.54 Å². The first-order valence-electron chi connectivity index (χ1n) is 6.75. The van der Waals surface area contributed by atoms with E-state index < -0.39 is 0 Å². The van der Waals surface area contributed by atoms with Gasteiger partial charge in [-0.15, -0.1) is 11.3 Å². The van der Waals surface area contributed by atoms with E-state index in [4.69, 9.17) is 11.6 Å². The summed E-state index contributed by atoms with van der Waals surface area (Å²) in [6.45, 7) is 5.42. The molecule has 1 unspecified atom stereocenters. The third-order valence-corrected chi connectivity index (χ3v) is 4.90. The number of rotatable bonds is 6. The van der Waals surface area contributed by atoms with E-state index in [-0.39, 0.29) is 0 Å². The largest absolute Gasteiger partial charge is 0.309 e. The van der Waals surface area contributed by atoms with Crippen molar-refractivity contribution in [2.45, 2.75) is 32.7 Å². The highest BCUT2D eigenvalue weighted by molar-refractivity contribution is 7.12. The summed E-state index contributed by atoms with van der Waals surface area (Å²) in [5, 5.41) is 4.38. The summed E-state index contributed by atoms with van der Waals surface area (Å²) < 4.78 is 0. The zero-order chi connectivity index (χ0) is 13.7. The lowest BCUT2D eigenvalue weighted by Crippen LogP contribution is -2.20. The highest BCUT2D eigenvalue weighted by Crippen LogP contribution is 2.23. The molecule has 1 aromatic heterocycles. The lowest BCUT2D eigenvalue weighted by molar-refractivity contribution is 0.585. The predicted octanol–water partition coefficient (Wildman–Crippen LogP) is 4.86. The number of halogens is 1. The topological polar surface area (TPSA) is 12.0 Å². The Morgan fingerprint density at radius 2 is 1.89 bits per heavy atom. The Morgan fingerprint density at radius 3 is 2.53 bits per heavy atom. The monoisotopic (exact) mass is 293 g/mol. The average Bonchev–Trinajstić information content (AvgIpc) is 2.90. The summed E-state index contributed by atoms with van der Waals surface area (Å²) in [6.07, 6.45) is 2.16. The van der Waals surface area contributed by atoms with Gasteiger partial charge in [-0.2, -0.15) is 0 Å². The molecule has 2 rings (SSSR count). The van der Waals surface area contributed by atoms with Crippen LogP contribution in [0.1, 0.15) is 35.2 Å². The molecule has 102 valence electrons. The van der Waals surface area contributed by atoms with Gasteiger partial charge in [-0.25, -0.2) is 0 Å². The molecule has 2 aromatic rings. The van der Waals surface area contributed by atoms with Gasteiger partial charge in [0.2, 0.25) is 0 Å². The Bertz CT molecular complexity index is 504. The lowest BCUT2D eigenvalue weighted by atomic mass is 10.1. The van der Waals surface area contributed by atoms with E-state index in [2.05, 4.69) is 43.4 Å². The lowest BCUT2D eigenvalue weighted by Gasteiger charge is -2.12. The number of hydrogen-bond donors (Lipinski definition) is 1. The normalized spacial score (nSPS) is 12.6. The van der Waals surface area contributed by atoms with Gasteiger partial charge in [0.25, 0.3) is 0 Å². The van der Waals surface area contributed by atoms with Gasteiger partial charge < -0.3 is 5.32 Å². The van der Waals surface area contributed by atoms with Crippen molar-refractivity contribution in [2.24, 2.45) is 0 Å². The van der Waals surface area contributed by atoms with E-state index >= 15 is 0 Å². The standard InChI is InChI=1S/C16H20ClNS/c1-3-15-8-9-16(19-15)12(2)18-11-10-13-4-6-14(17)7-5-13/h4-9,12,18H,3,10-11H2,1-2H3. The Kier molecular flexibility index (Phi) is 5.44. The zero-order valence-corrected chi connectivity index (χ0v) is 13.0. The van der Waals surface area contributed by atoms with Crippen LogP contribution in [0.4, 0.5) is 0 Å². The van der Waals surface area contributed by atoms with Gasteiger partial charge in [-0.05, 0) is 56.1 Å². The molecule has 0 saturated carbocycles. The molecule has 0 aliphatic carbocycles. The van der Waals surface area contributed by atoms with Crippen molar-refractivity contribution in [3.8, 4) is 0 Å². The number of hydrogen-bond acceptors (Lipinski definition) is 2. The van der Waals surface area contributed by atoms with E-state index in [1.54, 1.807) is 0 Å². The van der Waals surface area contributed by atoms with E-state index in [1.807, 2.05) is 23.5 Å². The second-order valence-electron chi connectivity index (χ2n) is 4.71. The van der Waals surface area contributed by atoms with Crippen molar-refractivity contribution in [3.63, 3.8) is 0 Å². The van der Waals surface area contributed by atoms with Crippen LogP contribution in [0.15, 0.2) is 36.4 Å². The van der Waals surface area contributed by atoms with Gasteiger partial charge in [0.15, 0.2) is 0 Å². The quantitative estimate of drug-likeness (QED) is 0.802. The zero-order valence-electron chi connectivity index (χ0n) is 11.4. The van der Waals surface area contributed by atoms with Crippen LogP contribution in [0.5, 0.6) is 0 Å². The molecule has 0 aliphatic rings. The Balaban J connectivity index is 1.80. The van der Waals surface area contributed by atoms with Crippen LogP contribution in [0.2, 0.25) is 5.02 Å². The third kappa shape index (κ3) is 4.34. The van der Waals surface area contributed by atoms with E-state index in [9.17, 15) is 0 Å². The third-order valence-electron chi connectivity index (χ3n) is 3.24. The molecule has 0 aliphatic heterocycles. The summed E-state index contributed by atoms with van der Waals surface area (Å²) in [5.74, 6) is 0. The van der Waals surface area contributed by atoms with Crippen LogP contribution in [0, 0.1) is 0 Å². The average molecular weight is 294 g/mol. The highest BCUT2D eigenvalue weighted by atomic mass is 35.5. The Hall–Kier alpha value is -0.830. The van der Waals surface area contributed by atoms with Crippen molar-refractivity contribution < 1.29 is 0 Å². The van der Waals surface area contributed by atoms with Crippen molar-refractivity contribution in [2.75, 3.05) is 6.54 Å². The molecule has 1 N–H and O–H groups in total. The fourth-order valence-corrected chi connectivity index (χ4v) is 3.11. The van der Waals surface area contributed by atoms with Gasteiger partial charge in [0, 0.05) is 20.8 Å². The molecule has 0 radical (unpaired) electrons. The van der Waals surface area contributed by atoms with E-state index in [0.717, 1.165) is 24.4 Å². The fourth-order valence-electron chi connectivity index (χ4n) is 2.00. The molecule has 0 amide bonds. The summed E-state index contributed by atoms with van der Waals surface area (Å²) in [5.41, 5.74) is 1.32. The first-order valence-corrected chi connectivity index (χ1v) is 7.95. The number of benzene rings is 1. The van der Waals surface area contributed by atoms with Crippen LogP contribution in [0.3, 0.4) is 0 Å². The van der Waals surface area contributed by atoms with Crippen molar-refractivity contribution in [1.29, 1.82) is 0 Å². The molecule has 0 fully saturated rings. The molecule has 1 heterocycles. The van der Waals surface area contributed by atoms with Crippen LogP contribution in [0.25, 0.3) is 0 Å². The molecule has 1 atom stereocenters. The summed E-state index contributed by atoms with van der Waals surface area (Å²) >= 11 is 7.79. The highest BCUT2D eigenvalue weighted by Gasteiger charge is 2.07. The van der Waals surface area contributed by atoms with Crippen LogP contribution < -0.4 is 5.32 Å². The van der Waals surface area contributed by atoms with Gasteiger partial charge in [0.05, 0.1) is 0 Å². The van der Waals surface area contributed by atoms with Gasteiger partial charge in [-0.1, -0.05) is 30.7 Å².